The van der Waals surface area contributed by atoms with Crippen molar-refractivity contribution in [3.05, 3.63) is 53.4 Å². The Hall–Kier alpha value is -1.53. The van der Waals surface area contributed by atoms with Gasteiger partial charge in [0.05, 0.1) is 12.8 Å². The lowest BCUT2D eigenvalue weighted by Crippen LogP contribution is -2.36. The van der Waals surface area contributed by atoms with Crippen molar-refractivity contribution in [3.63, 3.8) is 0 Å². The molecule has 5 nitrogen and oxygen atoms in total. The molecule has 6 heteroatoms. The van der Waals surface area contributed by atoms with Crippen LogP contribution in [0.2, 0.25) is 5.02 Å². The summed E-state index contributed by atoms with van der Waals surface area (Å²) in [6, 6.07) is 10.9. The van der Waals surface area contributed by atoms with Gasteiger partial charge in [-0.25, -0.2) is 0 Å². The van der Waals surface area contributed by atoms with E-state index >= 15 is 0 Å². The molecule has 0 aliphatic rings. The van der Waals surface area contributed by atoms with E-state index in [9.17, 15) is 5.11 Å². The van der Waals surface area contributed by atoms with E-state index < -0.39 is 6.10 Å². The zero-order valence-electron chi connectivity index (χ0n) is 13.9. The number of furan rings is 1. The van der Waals surface area contributed by atoms with Gasteiger partial charge in [-0.05, 0) is 42.8 Å². The molecule has 0 unspecified atom stereocenters. The second-order valence-corrected chi connectivity index (χ2v) is 6.02. The molecule has 0 radical (unpaired) electrons. The summed E-state index contributed by atoms with van der Waals surface area (Å²) in [5.41, 5.74) is 0. The number of nitrogens with zero attached hydrogens (tertiary/aromatic N) is 1. The number of rotatable bonds is 11. The molecule has 0 amide bonds. The summed E-state index contributed by atoms with van der Waals surface area (Å²) in [7, 11) is 1.69. The molecule has 0 aliphatic heterocycles. The highest BCUT2D eigenvalue weighted by molar-refractivity contribution is 6.30. The van der Waals surface area contributed by atoms with Crippen LogP contribution in [-0.4, -0.2) is 49.5 Å². The second kappa shape index (κ2) is 10.4. The monoisotopic (exact) mass is 353 g/mol. The molecule has 0 bridgehead atoms. The van der Waals surface area contributed by atoms with Crippen molar-refractivity contribution in [2.45, 2.75) is 19.1 Å². The summed E-state index contributed by atoms with van der Waals surface area (Å²) < 4.78 is 16.1. The fourth-order valence-electron chi connectivity index (χ4n) is 2.36. The van der Waals surface area contributed by atoms with Crippen molar-refractivity contribution < 1.29 is 19.0 Å². The number of methoxy groups -OCH3 is 1. The van der Waals surface area contributed by atoms with Gasteiger partial charge in [-0.1, -0.05) is 11.6 Å². The first-order chi connectivity index (χ1) is 11.7. The fraction of sp³-hybridized carbons (Fsp3) is 0.444. The minimum Gasteiger partial charge on any atom is -0.491 e. The van der Waals surface area contributed by atoms with Gasteiger partial charge in [0.15, 0.2) is 0 Å². The molecule has 0 saturated carbocycles. The standard InChI is InChI=1S/C18H24ClNO4/c1-22-10-3-9-20(13-18-4-2-11-23-18)12-16(21)14-24-17-7-5-15(19)6-8-17/h2,4-8,11,16,21H,3,9-10,12-14H2,1H3/t16-/m0/s1. The van der Waals surface area contributed by atoms with Gasteiger partial charge < -0.3 is 19.0 Å². The second-order valence-electron chi connectivity index (χ2n) is 5.58. The van der Waals surface area contributed by atoms with Crippen LogP contribution in [0.15, 0.2) is 47.1 Å². The molecule has 1 aromatic heterocycles. The lowest BCUT2D eigenvalue weighted by atomic mass is 10.3. The van der Waals surface area contributed by atoms with E-state index in [1.807, 2.05) is 12.1 Å². The normalized spacial score (nSPS) is 12.5. The summed E-state index contributed by atoms with van der Waals surface area (Å²) in [5.74, 6) is 1.56. The van der Waals surface area contributed by atoms with Crippen LogP contribution in [-0.2, 0) is 11.3 Å². The summed E-state index contributed by atoms with van der Waals surface area (Å²) in [6.45, 7) is 2.87. The molecule has 0 spiro atoms. The minimum atomic E-state index is -0.599. The third-order valence-corrected chi connectivity index (χ3v) is 3.76. The van der Waals surface area contributed by atoms with Gasteiger partial charge in [-0.15, -0.1) is 0 Å². The zero-order valence-corrected chi connectivity index (χ0v) is 14.6. The maximum atomic E-state index is 10.3. The van der Waals surface area contributed by atoms with Gasteiger partial charge in [0.2, 0.25) is 0 Å². The highest BCUT2D eigenvalue weighted by atomic mass is 35.5. The topological polar surface area (TPSA) is 55.1 Å². The third kappa shape index (κ3) is 6.93. The van der Waals surface area contributed by atoms with Crippen molar-refractivity contribution in [2.24, 2.45) is 0 Å². The number of hydrogen-bond donors (Lipinski definition) is 1. The lowest BCUT2D eigenvalue weighted by Gasteiger charge is -2.24. The molecule has 1 N–H and O–H groups in total. The first kappa shape index (κ1) is 18.8. The molecule has 0 fully saturated rings. The maximum Gasteiger partial charge on any atom is 0.119 e. The Morgan fingerprint density at radius 2 is 2.04 bits per heavy atom. The van der Waals surface area contributed by atoms with Crippen molar-refractivity contribution in [1.82, 2.24) is 4.90 Å². The molecule has 1 heterocycles. The SMILES string of the molecule is COCCCN(Cc1ccco1)C[C@H](O)COc1ccc(Cl)cc1. The Bertz CT molecular complexity index is 559. The Balaban J connectivity index is 1.80. The average molecular weight is 354 g/mol. The van der Waals surface area contributed by atoms with E-state index in [2.05, 4.69) is 4.90 Å². The van der Waals surface area contributed by atoms with Gasteiger partial charge in [-0.3, -0.25) is 4.90 Å². The van der Waals surface area contributed by atoms with Crippen LogP contribution in [0.3, 0.4) is 0 Å². The van der Waals surface area contributed by atoms with E-state index in [0.717, 1.165) is 18.7 Å². The molecule has 1 atom stereocenters. The molecular formula is C18H24ClNO4. The molecule has 132 valence electrons. The molecule has 0 aliphatic carbocycles. The van der Waals surface area contributed by atoms with Gasteiger partial charge in [0, 0.05) is 31.8 Å². The summed E-state index contributed by atoms with van der Waals surface area (Å²) in [6.07, 6.45) is 1.95. The Morgan fingerprint density at radius 1 is 1.25 bits per heavy atom. The first-order valence-electron chi connectivity index (χ1n) is 7.97. The Morgan fingerprint density at radius 3 is 2.71 bits per heavy atom. The maximum absolute atomic E-state index is 10.3. The lowest BCUT2D eigenvalue weighted by molar-refractivity contribution is 0.0594. The van der Waals surface area contributed by atoms with Gasteiger partial charge in [0.25, 0.3) is 0 Å². The van der Waals surface area contributed by atoms with Crippen LogP contribution in [0.1, 0.15) is 12.2 Å². The number of benzene rings is 1. The van der Waals surface area contributed by atoms with Crippen LogP contribution in [0.25, 0.3) is 0 Å². The number of hydrogen-bond acceptors (Lipinski definition) is 5. The van der Waals surface area contributed by atoms with Crippen LogP contribution < -0.4 is 4.74 Å². The van der Waals surface area contributed by atoms with Crippen LogP contribution in [0.4, 0.5) is 0 Å². The van der Waals surface area contributed by atoms with Crippen molar-refractivity contribution in [2.75, 3.05) is 33.4 Å². The van der Waals surface area contributed by atoms with Crippen LogP contribution >= 0.6 is 11.6 Å². The molecule has 0 saturated heterocycles. The number of ether oxygens (including phenoxy) is 2. The summed E-state index contributed by atoms with van der Waals surface area (Å²) in [5, 5.41) is 10.9. The molecule has 24 heavy (non-hydrogen) atoms. The molecular weight excluding hydrogens is 330 g/mol. The van der Waals surface area contributed by atoms with E-state index in [0.29, 0.717) is 30.5 Å². The number of halogens is 1. The van der Waals surface area contributed by atoms with Gasteiger partial charge >= 0.3 is 0 Å². The molecule has 1 aromatic carbocycles. The Labute approximate surface area is 147 Å². The summed E-state index contributed by atoms with van der Waals surface area (Å²) >= 11 is 5.84. The van der Waals surface area contributed by atoms with Crippen molar-refractivity contribution in [3.8, 4) is 5.75 Å². The van der Waals surface area contributed by atoms with E-state index in [1.54, 1.807) is 37.6 Å². The van der Waals surface area contributed by atoms with E-state index in [1.165, 1.54) is 0 Å². The zero-order chi connectivity index (χ0) is 17.2. The third-order valence-electron chi connectivity index (χ3n) is 3.51. The van der Waals surface area contributed by atoms with Crippen molar-refractivity contribution in [1.29, 1.82) is 0 Å². The van der Waals surface area contributed by atoms with Gasteiger partial charge in [-0.2, -0.15) is 0 Å². The molecule has 2 aromatic rings. The number of aliphatic hydroxyl groups excluding tert-OH is 1. The van der Waals surface area contributed by atoms with Crippen LogP contribution in [0.5, 0.6) is 5.75 Å². The Kier molecular flexibility index (Phi) is 8.12. The molecule has 2 rings (SSSR count). The average Bonchev–Trinajstić information content (AvgIpc) is 3.07. The number of aliphatic hydroxyl groups is 1. The quantitative estimate of drug-likeness (QED) is 0.629. The highest BCUT2D eigenvalue weighted by Crippen LogP contribution is 2.16. The smallest absolute Gasteiger partial charge is 0.119 e. The predicted molar refractivity (Wildman–Crippen MR) is 93.4 cm³/mol. The highest BCUT2D eigenvalue weighted by Gasteiger charge is 2.14. The van der Waals surface area contributed by atoms with Gasteiger partial charge in [0.1, 0.15) is 24.2 Å². The van der Waals surface area contributed by atoms with Crippen LogP contribution in [0, 0.1) is 0 Å². The van der Waals surface area contributed by atoms with Crippen molar-refractivity contribution >= 4 is 11.6 Å². The largest absolute Gasteiger partial charge is 0.491 e. The minimum absolute atomic E-state index is 0.223. The van der Waals surface area contributed by atoms with E-state index in [-0.39, 0.29) is 6.61 Å². The fourth-order valence-corrected chi connectivity index (χ4v) is 2.49. The van der Waals surface area contributed by atoms with E-state index in [4.69, 9.17) is 25.5 Å². The summed E-state index contributed by atoms with van der Waals surface area (Å²) in [4.78, 5) is 2.13. The predicted octanol–water partition coefficient (Wildman–Crippen LogP) is 3.21. The first-order valence-corrected chi connectivity index (χ1v) is 8.35.